The summed E-state index contributed by atoms with van der Waals surface area (Å²) in [6.45, 7) is 2.92. The Morgan fingerprint density at radius 1 is 1.08 bits per heavy atom. The van der Waals surface area contributed by atoms with Crippen LogP contribution in [0.25, 0.3) is 0 Å². The SMILES string of the molecule is CSc1sc(NC(=O)Nc2ccc(N3CCOCC3)cc2C(=O)C2CCCC2)nc1CSc1ccccc1. The summed E-state index contributed by atoms with van der Waals surface area (Å²) in [5.74, 6) is 0.863. The molecule has 1 saturated heterocycles. The number of hydrogen-bond donors (Lipinski definition) is 2. The number of rotatable bonds is 9. The van der Waals surface area contributed by atoms with E-state index in [1.54, 1.807) is 23.5 Å². The predicted molar refractivity (Wildman–Crippen MR) is 158 cm³/mol. The van der Waals surface area contributed by atoms with Gasteiger partial charge >= 0.3 is 6.03 Å². The molecule has 7 nitrogen and oxygen atoms in total. The number of ketones is 1. The van der Waals surface area contributed by atoms with Crippen LogP contribution in [-0.4, -0.2) is 49.4 Å². The lowest BCUT2D eigenvalue weighted by Crippen LogP contribution is -2.36. The van der Waals surface area contributed by atoms with Crippen LogP contribution < -0.4 is 15.5 Å². The average Bonchev–Trinajstić information content (AvgIpc) is 3.63. The van der Waals surface area contributed by atoms with Gasteiger partial charge < -0.3 is 15.0 Å². The van der Waals surface area contributed by atoms with Crippen molar-refractivity contribution in [3.63, 3.8) is 0 Å². The lowest BCUT2D eigenvalue weighted by atomic mass is 9.94. The maximum atomic E-state index is 13.5. The monoisotopic (exact) mass is 568 g/mol. The molecule has 1 aliphatic heterocycles. The van der Waals surface area contributed by atoms with Crippen LogP contribution in [0.4, 0.5) is 21.3 Å². The van der Waals surface area contributed by atoms with Crippen LogP contribution in [0.5, 0.6) is 0 Å². The Kier molecular flexibility index (Phi) is 9.27. The third-order valence-corrected chi connectivity index (χ3v) is 9.99. The first-order valence-electron chi connectivity index (χ1n) is 12.9. The molecule has 1 saturated carbocycles. The van der Waals surface area contributed by atoms with Crippen LogP contribution in [-0.2, 0) is 10.5 Å². The Bertz CT molecular complexity index is 1260. The number of Topliss-reactive ketones (excluding diaryl/α,β-unsaturated/α-hetero) is 1. The first-order chi connectivity index (χ1) is 18.6. The van der Waals surface area contributed by atoms with Crippen LogP contribution in [0.15, 0.2) is 57.6 Å². The molecule has 3 aromatic rings. The molecule has 2 aliphatic rings. The normalized spacial score (nSPS) is 16.0. The van der Waals surface area contributed by atoms with Gasteiger partial charge in [-0.05, 0) is 49.4 Å². The summed E-state index contributed by atoms with van der Waals surface area (Å²) < 4.78 is 6.57. The number of anilines is 3. The molecule has 200 valence electrons. The summed E-state index contributed by atoms with van der Waals surface area (Å²) in [5.41, 5.74) is 3.07. The summed E-state index contributed by atoms with van der Waals surface area (Å²) in [6.07, 6.45) is 6.00. The third-order valence-electron chi connectivity index (χ3n) is 6.81. The molecule has 5 rings (SSSR count). The van der Waals surface area contributed by atoms with Crippen molar-refractivity contribution < 1.29 is 14.3 Å². The molecule has 2 aromatic carbocycles. The minimum atomic E-state index is -0.395. The second-order valence-electron chi connectivity index (χ2n) is 9.31. The molecule has 1 aliphatic carbocycles. The number of carbonyl (C=O) groups excluding carboxylic acids is 2. The highest BCUT2D eigenvalue weighted by atomic mass is 32.2. The zero-order valence-electron chi connectivity index (χ0n) is 21.4. The number of amides is 2. The van der Waals surface area contributed by atoms with Gasteiger partial charge in [0.05, 0.1) is 28.8 Å². The highest BCUT2D eigenvalue weighted by Gasteiger charge is 2.27. The van der Waals surface area contributed by atoms with Crippen molar-refractivity contribution in [3.05, 3.63) is 59.8 Å². The topological polar surface area (TPSA) is 83.6 Å². The Morgan fingerprint density at radius 2 is 1.84 bits per heavy atom. The van der Waals surface area contributed by atoms with Crippen LogP contribution in [0.3, 0.4) is 0 Å². The summed E-state index contributed by atoms with van der Waals surface area (Å²) in [6, 6.07) is 15.6. The number of benzene rings is 2. The molecule has 38 heavy (non-hydrogen) atoms. The third kappa shape index (κ3) is 6.72. The van der Waals surface area contributed by atoms with Gasteiger partial charge in [0.2, 0.25) is 0 Å². The molecule has 2 amide bonds. The Labute approximate surface area is 236 Å². The molecule has 0 spiro atoms. The summed E-state index contributed by atoms with van der Waals surface area (Å²) in [7, 11) is 0. The largest absolute Gasteiger partial charge is 0.378 e. The van der Waals surface area contributed by atoms with Crippen molar-refractivity contribution >= 4 is 63.2 Å². The zero-order valence-corrected chi connectivity index (χ0v) is 23.9. The van der Waals surface area contributed by atoms with Gasteiger partial charge in [0.15, 0.2) is 10.9 Å². The van der Waals surface area contributed by atoms with Crippen molar-refractivity contribution in [2.75, 3.05) is 48.1 Å². The van der Waals surface area contributed by atoms with E-state index in [1.807, 2.05) is 42.7 Å². The molecule has 2 N–H and O–H groups in total. The van der Waals surface area contributed by atoms with Crippen molar-refractivity contribution in [2.24, 2.45) is 5.92 Å². The van der Waals surface area contributed by atoms with E-state index in [2.05, 4.69) is 27.7 Å². The summed E-state index contributed by atoms with van der Waals surface area (Å²) >= 11 is 4.82. The Morgan fingerprint density at radius 3 is 2.58 bits per heavy atom. The van der Waals surface area contributed by atoms with Gasteiger partial charge in [-0.15, -0.1) is 23.5 Å². The van der Waals surface area contributed by atoms with Gasteiger partial charge in [-0.1, -0.05) is 42.4 Å². The minimum Gasteiger partial charge on any atom is -0.378 e. The zero-order chi connectivity index (χ0) is 26.3. The number of nitrogens with zero attached hydrogens (tertiary/aromatic N) is 2. The molecule has 10 heteroatoms. The Balaban J connectivity index is 1.30. The number of thiazole rings is 1. The van der Waals surface area contributed by atoms with Crippen molar-refractivity contribution in [2.45, 2.75) is 40.5 Å². The first kappa shape index (κ1) is 27.1. The van der Waals surface area contributed by atoms with E-state index in [-0.39, 0.29) is 11.7 Å². The van der Waals surface area contributed by atoms with E-state index in [4.69, 9.17) is 9.72 Å². The fraction of sp³-hybridized carbons (Fsp3) is 0.393. The van der Waals surface area contributed by atoms with Crippen LogP contribution in [0, 0.1) is 5.92 Å². The number of carbonyl (C=O) groups is 2. The number of urea groups is 1. The molecular weight excluding hydrogens is 537 g/mol. The maximum Gasteiger partial charge on any atom is 0.325 e. The van der Waals surface area contributed by atoms with E-state index in [9.17, 15) is 9.59 Å². The average molecular weight is 569 g/mol. The molecule has 0 unspecified atom stereocenters. The van der Waals surface area contributed by atoms with Gasteiger partial charge in [-0.25, -0.2) is 9.78 Å². The van der Waals surface area contributed by atoms with E-state index >= 15 is 0 Å². The van der Waals surface area contributed by atoms with Crippen molar-refractivity contribution in [3.8, 4) is 0 Å². The van der Waals surface area contributed by atoms with Gasteiger partial charge in [-0.3, -0.25) is 10.1 Å². The molecule has 1 aromatic heterocycles. The van der Waals surface area contributed by atoms with Gasteiger partial charge in [0.25, 0.3) is 0 Å². The molecule has 2 fully saturated rings. The summed E-state index contributed by atoms with van der Waals surface area (Å²) in [4.78, 5) is 34.6. The fourth-order valence-electron chi connectivity index (χ4n) is 4.83. The van der Waals surface area contributed by atoms with Crippen LogP contribution in [0.2, 0.25) is 0 Å². The molecule has 0 bridgehead atoms. The fourth-order valence-corrected chi connectivity index (χ4v) is 7.51. The second kappa shape index (κ2) is 13.0. The number of nitrogens with one attached hydrogen (secondary N) is 2. The molecule has 0 radical (unpaired) electrons. The standard InChI is InChI=1S/C28H32N4O3S3/c1-36-26-24(18-37-21-9-3-2-4-10-21)30-28(38-26)31-27(34)29-23-12-11-20(32-13-15-35-16-14-32)17-22(23)25(33)19-7-5-6-8-19/h2-4,9-12,17,19H,5-8,13-16,18H2,1H3,(H2,29,30,31,34). The molecule has 0 atom stereocenters. The van der Waals surface area contributed by atoms with Gasteiger partial charge in [0.1, 0.15) is 0 Å². The second-order valence-corrected chi connectivity index (χ2v) is 12.4. The minimum absolute atomic E-state index is 0.0197. The highest BCUT2D eigenvalue weighted by Crippen LogP contribution is 2.36. The smallest absolute Gasteiger partial charge is 0.325 e. The highest BCUT2D eigenvalue weighted by molar-refractivity contribution is 8.01. The molecule has 2 heterocycles. The van der Waals surface area contributed by atoms with Gasteiger partial charge in [-0.2, -0.15) is 0 Å². The van der Waals surface area contributed by atoms with E-state index in [0.29, 0.717) is 29.6 Å². The van der Waals surface area contributed by atoms with Crippen molar-refractivity contribution in [1.29, 1.82) is 0 Å². The summed E-state index contributed by atoms with van der Waals surface area (Å²) in [5, 5.41) is 6.38. The molecular formula is C28H32N4O3S3. The Hall–Kier alpha value is -2.53. The number of ether oxygens (including phenoxy) is 1. The number of morpholine rings is 1. The maximum absolute atomic E-state index is 13.5. The number of thioether (sulfide) groups is 2. The van der Waals surface area contributed by atoms with E-state index in [1.165, 1.54) is 16.2 Å². The number of aromatic nitrogens is 1. The van der Waals surface area contributed by atoms with Crippen LogP contribution in [0.1, 0.15) is 41.7 Å². The first-order valence-corrected chi connectivity index (χ1v) is 15.9. The lowest BCUT2D eigenvalue weighted by molar-refractivity contribution is 0.0923. The predicted octanol–water partition coefficient (Wildman–Crippen LogP) is 7.01. The van der Waals surface area contributed by atoms with Crippen LogP contribution >= 0.6 is 34.9 Å². The number of hydrogen-bond acceptors (Lipinski definition) is 8. The van der Waals surface area contributed by atoms with E-state index < -0.39 is 6.03 Å². The lowest BCUT2D eigenvalue weighted by Gasteiger charge is -2.29. The quantitative estimate of drug-likeness (QED) is 0.212. The van der Waals surface area contributed by atoms with E-state index in [0.717, 1.165) is 60.1 Å². The van der Waals surface area contributed by atoms with Crippen molar-refractivity contribution in [1.82, 2.24) is 4.98 Å². The van der Waals surface area contributed by atoms with Gasteiger partial charge in [0, 0.05) is 40.9 Å².